The fraction of sp³-hybridized carbons (Fsp3) is 0. The second-order valence-electron chi connectivity index (χ2n) is 12.3. The lowest BCUT2D eigenvalue weighted by Crippen LogP contribution is -2.24. The molecule has 0 unspecified atom stereocenters. The molecule has 50 heavy (non-hydrogen) atoms. The van der Waals surface area contributed by atoms with Gasteiger partial charge in [0.15, 0.2) is 13.0 Å². The Balaban J connectivity index is 1.18. The number of rotatable bonds is 6. The van der Waals surface area contributed by atoms with Crippen LogP contribution in [0.2, 0.25) is 0 Å². The molecule has 9 rings (SSSR count). The monoisotopic (exact) mass is 659 g/mol. The van der Waals surface area contributed by atoms with Crippen LogP contribution in [0.25, 0.3) is 66.5 Å². The van der Waals surface area contributed by atoms with Gasteiger partial charge < -0.3 is 4.57 Å². The molecule has 5 heteroatoms. The number of nitrogens with zero attached hydrogens (tertiary/aromatic N) is 3. The van der Waals surface area contributed by atoms with Crippen molar-refractivity contribution in [1.29, 1.82) is 0 Å². The molecule has 4 nitrogen and oxygen atoms in total. The third-order valence-electron chi connectivity index (χ3n) is 9.35. The van der Waals surface area contributed by atoms with Gasteiger partial charge in [0.25, 0.3) is 0 Å². The zero-order chi connectivity index (χ0) is 33.5. The number of hydrogen-bond acceptors (Lipinski definition) is 4. The van der Waals surface area contributed by atoms with E-state index in [1.54, 1.807) is 0 Å². The van der Waals surface area contributed by atoms with E-state index < -0.39 is 7.14 Å². The van der Waals surface area contributed by atoms with Crippen LogP contribution < -0.4 is 15.9 Å². The van der Waals surface area contributed by atoms with Gasteiger partial charge in [-0.25, -0.2) is 15.0 Å². The minimum atomic E-state index is -3.10. The first-order valence-electron chi connectivity index (χ1n) is 16.6. The van der Waals surface area contributed by atoms with Gasteiger partial charge in [-0.2, -0.15) is 0 Å². The van der Waals surface area contributed by atoms with Crippen LogP contribution in [0.5, 0.6) is 0 Å². The van der Waals surface area contributed by atoms with Gasteiger partial charge in [-0.15, -0.1) is 0 Å². The van der Waals surface area contributed by atoms with E-state index in [9.17, 15) is 4.57 Å². The molecule has 0 fully saturated rings. The summed E-state index contributed by atoms with van der Waals surface area (Å²) in [6, 6.07) is 60.7. The molecule has 0 N–H and O–H groups in total. The van der Waals surface area contributed by atoms with Crippen LogP contribution >= 0.6 is 7.14 Å². The molecule has 0 amide bonds. The summed E-state index contributed by atoms with van der Waals surface area (Å²) < 4.78 is 15.0. The fourth-order valence-corrected chi connectivity index (χ4v) is 9.54. The number of fused-ring (bicyclic) bond motifs is 4. The van der Waals surface area contributed by atoms with Crippen molar-refractivity contribution < 1.29 is 4.57 Å². The highest BCUT2D eigenvalue weighted by Crippen LogP contribution is 2.43. The van der Waals surface area contributed by atoms with Crippen molar-refractivity contribution in [3.8, 4) is 33.9 Å². The molecule has 7 aromatic carbocycles. The van der Waals surface area contributed by atoms with E-state index in [-0.39, 0.29) is 0 Å². The minimum Gasteiger partial charge on any atom is -0.309 e. The second kappa shape index (κ2) is 12.3. The van der Waals surface area contributed by atoms with Crippen LogP contribution in [0.15, 0.2) is 182 Å². The summed E-state index contributed by atoms with van der Waals surface area (Å²) in [6.45, 7) is 0. The number of para-hydroxylation sites is 1. The average molecular weight is 660 g/mol. The van der Waals surface area contributed by atoms with Crippen molar-refractivity contribution in [3.63, 3.8) is 0 Å². The van der Waals surface area contributed by atoms with E-state index in [1.807, 2.05) is 121 Å². The second-order valence-corrected chi connectivity index (χ2v) is 15.1. The van der Waals surface area contributed by atoms with E-state index in [0.29, 0.717) is 5.82 Å². The summed E-state index contributed by atoms with van der Waals surface area (Å²) in [5.74, 6) is 0.625. The molecule has 9 aromatic rings. The molecule has 0 spiro atoms. The van der Waals surface area contributed by atoms with Crippen molar-refractivity contribution >= 4 is 55.6 Å². The average Bonchev–Trinajstić information content (AvgIpc) is 3.20. The summed E-state index contributed by atoms with van der Waals surface area (Å²) in [4.78, 5) is 15.4. The van der Waals surface area contributed by atoms with E-state index >= 15 is 0 Å². The first-order chi connectivity index (χ1) is 24.7. The Morgan fingerprint density at radius 2 is 0.840 bits per heavy atom. The molecule has 0 radical (unpaired) electrons. The molecular formula is C45H30N3OP. The third-order valence-corrected chi connectivity index (χ3v) is 12.4. The molecule has 0 aliphatic carbocycles. The molecule has 0 saturated carbocycles. The maximum absolute atomic E-state index is 15.0. The highest BCUT2D eigenvalue weighted by Gasteiger charge is 2.29. The van der Waals surface area contributed by atoms with Crippen molar-refractivity contribution in [2.24, 2.45) is 0 Å². The highest BCUT2D eigenvalue weighted by atomic mass is 31.2. The first-order valence-corrected chi connectivity index (χ1v) is 18.3. The van der Waals surface area contributed by atoms with Gasteiger partial charge in [0, 0.05) is 48.8 Å². The van der Waals surface area contributed by atoms with Crippen LogP contribution in [0.4, 0.5) is 0 Å². The Hall–Kier alpha value is -6.22. The van der Waals surface area contributed by atoms with E-state index in [4.69, 9.17) is 15.0 Å². The predicted molar refractivity (Wildman–Crippen MR) is 208 cm³/mol. The lowest BCUT2D eigenvalue weighted by atomic mass is 9.99. The van der Waals surface area contributed by atoms with Gasteiger partial charge in [0.05, 0.1) is 22.4 Å². The van der Waals surface area contributed by atoms with Crippen molar-refractivity contribution in [3.05, 3.63) is 182 Å². The summed E-state index contributed by atoms with van der Waals surface area (Å²) in [7, 11) is -3.10. The minimum absolute atomic E-state index is 0.625. The Labute approximate surface area is 290 Å². The standard InChI is InChI=1S/C45H30N3OP/c49-50(34-16-6-2-7-17-34,35-18-8-3-9-19-35)36-27-24-32(25-28-36)44-40-22-12-13-23-41(40)47-45(48-44)33-26-29-38-37-20-10-11-21-39(37)43(46-42(38)30-33)31-14-4-1-5-15-31/h1-30H. The third kappa shape index (κ3) is 5.09. The molecular weight excluding hydrogens is 629 g/mol. The van der Waals surface area contributed by atoms with Crippen molar-refractivity contribution in [1.82, 2.24) is 15.0 Å². The SMILES string of the molecule is O=P(c1ccccc1)(c1ccccc1)c1ccc(-c2nc(-c3ccc4c(c3)nc(-c3ccccc3)c3ccccc34)nc3ccccc23)cc1. The smallest absolute Gasteiger partial charge is 0.171 e. The van der Waals surface area contributed by atoms with Gasteiger partial charge in [-0.05, 0) is 17.5 Å². The molecule has 0 aliphatic heterocycles. The maximum atomic E-state index is 15.0. The van der Waals surface area contributed by atoms with Gasteiger partial charge in [-0.1, -0.05) is 170 Å². The lowest BCUT2D eigenvalue weighted by Gasteiger charge is -2.20. The van der Waals surface area contributed by atoms with Crippen LogP contribution in [-0.4, -0.2) is 15.0 Å². The molecule has 2 heterocycles. The van der Waals surface area contributed by atoms with Crippen LogP contribution in [0.3, 0.4) is 0 Å². The summed E-state index contributed by atoms with van der Waals surface area (Å²) in [6.07, 6.45) is 0. The van der Waals surface area contributed by atoms with Crippen LogP contribution in [0, 0.1) is 0 Å². The van der Waals surface area contributed by atoms with E-state index in [1.165, 1.54) is 0 Å². The summed E-state index contributed by atoms with van der Waals surface area (Å²) >= 11 is 0. The first kappa shape index (κ1) is 29.9. The molecule has 2 aromatic heterocycles. The van der Waals surface area contributed by atoms with E-state index in [0.717, 1.165) is 76.6 Å². The lowest BCUT2D eigenvalue weighted by molar-refractivity contribution is 0.592. The zero-order valence-electron chi connectivity index (χ0n) is 27.0. The Bertz CT molecular complexity index is 2670. The number of pyridine rings is 1. The number of benzene rings is 7. The largest absolute Gasteiger partial charge is 0.309 e. The van der Waals surface area contributed by atoms with Gasteiger partial charge in [0.1, 0.15) is 0 Å². The number of hydrogen-bond donors (Lipinski definition) is 0. The highest BCUT2D eigenvalue weighted by molar-refractivity contribution is 7.85. The molecule has 0 saturated heterocycles. The Kier molecular flexibility index (Phi) is 7.38. The normalized spacial score (nSPS) is 11.7. The molecule has 236 valence electrons. The van der Waals surface area contributed by atoms with Crippen molar-refractivity contribution in [2.45, 2.75) is 0 Å². The molecule has 0 bridgehead atoms. The summed E-state index contributed by atoms with van der Waals surface area (Å²) in [5.41, 5.74) is 6.41. The van der Waals surface area contributed by atoms with Crippen LogP contribution in [0.1, 0.15) is 0 Å². The zero-order valence-corrected chi connectivity index (χ0v) is 27.9. The fourth-order valence-electron chi connectivity index (χ4n) is 6.89. The predicted octanol–water partition coefficient (Wildman–Crippen LogP) is 9.97. The summed E-state index contributed by atoms with van der Waals surface area (Å²) in [5, 5.41) is 6.71. The van der Waals surface area contributed by atoms with Crippen molar-refractivity contribution in [2.75, 3.05) is 0 Å². The Morgan fingerprint density at radius 1 is 0.340 bits per heavy atom. The maximum Gasteiger partial charge on any atom is 0.171 e. The van der Waals surface area contributed by atoms with Gasteiger partial charge in [0.2, 0.25) is 0 Å². The van der Waals surface area contributed by atoms with E-state index in [2.05, 4.69) is 60.7 Å². The molecule has 0 atom stereocenters. The van der Waals surface area contributed by atoms with Gasteiger partial charge >= 0.3 is 0 Å². The topological polar surface area (TPSA) is 55.7 Å². The van der Waals surface area contributed by atoms with Crippen LogP contribution in [-0.2, 0) is 4.57 Å². The Morgan fingerprint density at radius 3 is 1.52 bits per heavy atom. The quantitative estimate of drug-likeness (QED) is 0.132. The number of aromatic nitrogens is 3. The molecule has 0 aliphatic rings. The van der Waals surface area contributed by atoms with Gasteiger partial charge in [-0.3, -0.25) is 0 Å².